The molecule has 0 aromatic heterocycles. The van der Waals surface area contributed by atoms with Gasteiger partial charge in [-0.15, -0.1) is 6.61 Å². The third-order valence-corrected chi connectivity index (χ3v) is 0. The van der Waals surface area contributed by atoms with Crippen molar-refractivity contribution in [3.63, 3.8) is 0 Å². The molecule has 0 unspecified atom stereocenters. The van der Waals surface area contributed by atoms with Gasteiger partial charge < -0.3 is 5.11 Å². The topological polar surface area (TPSA) is 23.1 Å². The zero-order valence-electron chi connectivity index (χ0n) is 2.62. The Morgan fingerprint density at radius 1 is 1.75 bits per heavy atom. The summed E-state index contributed by atoms with van der Waals surface area (Å²) in [5, 5.41) is 8.93. The average Bonchev–Trinajstić information content (AvgIpc) is 0.918. The van der Waals surface area contributed by atoms with Crippen LogP contribution in [0.5, 0.6) is 0 Å². The molecule has 24 valence electrons. The molecule has 0 bridgehead atoms. The minimum Gasteiger partial charge on any atom is -0.855 e. The summed E-state index contributed by atoms with van der Waals surface area (Å²) in [5.74, 6) is 0. The van der Waals surface area contributed by atoms with E-state index in [1.54, 1.807) is 6.92 Å². The summed E-state index contributed by atoms with van der Waals surface area (Å²) in [6.45, 7) is 1.57. The van der Waals surface area contributed by atoms with Gasteiger partial charge in [-0.05, 0) is 0 Å². The predicted molar refractivity (Wildman–Crippen MR) is 10.5 cm³/mol. The molecule has 0 rings (SSSR count). The Bertz CT molecular complexity index is 6.00. The fraction of sp³-hybridized carbons (Fsp3) is 1.00. The molecule has 0 fully saturated rings. The van der Waals surface area contributed by atoms with Crippen LogP contribution in [-0.4, -0.2) is 6.61 Å². The van der Waals surface area contributed by atoms with E-state index in [1.165, 1.54) is 0 Å². The molecule has 0 N–H and O–H groups in total. The maximum Gasteiger partial charge on any atom is 0 e. The van der Waals surface area contributed by atoms with Gasteiger partial charge in [0.15, 0.2) is 0 Å². The molecule has 0 aromatic carbocycles. The van der Waals surface area contributed by atoms with Gasteiger partial charge in [0.05, 0.1) is 0 Å². The van der Waals surface area contributed by atoms with Gasteiger partial charge in [0.25, 0.3) is 0 Å². The third kappa shape index (κ3) is 16.5. The van der Waals surface area contributed by atoms with Gasteiger partial charge in [-0.1, -0.05) is 6.92 Å². The summed E-state index contributed by atoms with van der Waals surface area (Å²) >= 11 is 0. The quantitative estimate of drug-likeness (QED) is 0.365. The number of hydrogen-bond acceptors (Lipinski definition) is 1. The molecule has 0 saturated heterocycles. The summed E-state index contributed by atoms with van der Waals surface area (Å²) in [6.07, 6.45) is 0. The molecule has 0 amide bonds. The van der Waals surface area contributed by atoms with Crippen molar-refractivity contribution in [2.45, 2.75) is 6.92 Å². The minimum absolute atomic E-state index is 0. The van der Waals surface area contributed by atoms with Crippen LogP contribution in [0.4, 0.5) is 0 Å². The zero-order valence-corrected chi connectivity index (χ0v) is 4.18. The molecule has 0 spiro atoms. The van der Waals surface area contributed by atoms with Crippen LogP contribution in [0.3, 0.4) is 0 Å². The summed E-state index contributed by atoms with van der Waals surface area (Å²) < 4.78 is 0. The van der Waals surface area contributed by atoms with E-state index >= 15 is 0 Å². The second-order valence-corrected chi connectivity index (χ2v) is 0.289. The molecule has 0 aromatic rings. The van der Waals surface area contributed by atoms with Crippen LogP contribution in [0.2, 0.25) is 0 Å². The Morgan fingerprint density at radius 3 is 1.75 bits per heavy atom. The standard InChI is InChI=1S/C2H5O.Ti/c1-2-3;/h2H2,1H3;/q-1;. The Balaban J connectivity index is 0. The van der Waals surface area contributed by atoms with E-state index in [1.807, 2.05) is 0 Å². The van der Waals surface area contributed by atoms with Gasteiger partial charge in [-0.3, -0.25) is 0 Å². The first kappa shape index (κ1) is 8.82. The predicted octanol–water partition coefficient (Wildman–Crippen LogP) is -0.636. The summed E-state index contributed by atoms with van der Waals surface area (Å²) in [6, 6.07) is 0. The van der Waals surface area contributed by atoms with Crippen molar-refractivity contribution >= 4 is 0 Å². The zero-order chi connectivity index (χ0) is 2.71. The minimum atomic E-state index is 0. The molecule has 0 atom stereocenters. The van der Waals surface area contributed by atoms with E-state index in [0.29, 0.717) is 0 Å². The fourth-order valence-corrected chi connectivity index (χ4v) is 0. The SMILES string of the molecule is CC[O-].[Ti]. The maximum absolute atomic E-state index is 8.93. The van der Waals surface area contributed by atoms with E-state index in [0.717, 1.165) is 0 Å². The Kier molecular flexibility index (Phi) is 20.7. The van der Waals surface area contributed by atoms with Gasteiger partial charge in [-0.2, -0.15) is 0 Å². The van der Waals surface area contributed by atoms with Crippen molar-refractivity contribution in [2.75, 3.05) is 6.61 Å². The van der Waals surface area contributed by atoms with Crippen LogP contribution < -0.4 is 5.11 Å². The third-order valence-electron chi connectivity index (χ3n) is 0. The van der Waals surface area contributed by atoms with Crippen molar-refractivity contribution < 1.29 is 26.8 Å². The maximum atomic E-state index is 8.93. The van der Waals surface area contributed by atoms with Gasteiger partial charge in [-0.25, -0.2) is 0 Å². The van der Waals surface area contributed by atoms with E-state index in [2.05, 4.69) is 0 Å². The van der Waals surface area contributed by atoms with Crippen LogP contribution in [0.25, 0.3) is 0 Å². The van der Waals surface area contributed by atoms with Gasteiger partial charge in [0.2, 0.25) is 0 Å². The van der Waals surface area contributed by atoms with Crippen LogP contribution in [0.1, 0.15) is 6.92 Å². The second kappa shape index (κ2) is 9.37. The first-order valence-electron chi connectivity index (χ1n) is 0.996. The van der Waals surface area contributed by atoms with Crippen molar-refractivity contribution in [2.24, 2.45) is 0 Å². The van der Waals surface area contributed by atoms with E-state index in [9.17, 15) is 0 Å². The Morgan fingerprint density at radius 2 is 1.75 bits per heavy atom. The smallest absolute Gasteiger partial charge is 0 e. The first-order chi connectivity index (χ1) is 1.41. The molecule has 0 heterocycles. The summed E-state index contributed by atoms with van der Waals surface area (Å²) in [5.41, 5.74) is 0. The molecule has 0 saturated carbocycles. The van der Waals surface area contributed by atoms with Crippen molar-refractivity contribution in [1.29, 1.82) is 0 Å². The molecular formula is C2H5OTi-. The van der Waals surface area contributed by atoms with Crippen molar-refractivity contribution in [3.8, 4) is 0 Å². The van der Waals surface area contributed by atoms with Crippen molar-refractivity contribution in [3.05, 3.63) is 0 Å². The average molecular weight is 92.9 g/mol. The molecule has 0 radical (unpaired) electrons. The molecular weight excluding hydrogens is 87.9 g/mol. The van der Waals surface area contributed by atoms with E-state index in [-0.39, 0.29) is 28.3 Å². The fourth-order valence-electron chi connectivity index (χ4n) is 0. The molecule has 2 heteroatoms. The largest absolute Gasteiger partial charge is 0.855 e. The van der Waals surface area contributed by atoms with Gasteiger partial charge >= 0.3 is 0 Å². The van der Waals surface area contributed by atoms with E-state index < -0.39 is 0 Å². The van der Waals surface area contributed by atoms with Gasteiger partial charge in [0.1, 0.15) is 0 Å². The monoisotopic (exact) mass is 93.0 g/mol. The number of hydrogen-bond donors (Lipinski definition) is 0. The number of rotatable bonds is 0. The first-order valence-corrected chi connectivity index (χ1v) is 0.996. The molecule has 0 aliphatic rings. The Labute approximate surface area is 40.9 Å². The Hall–Kier alpha value is 0.674. The van der Waals surface area contributed by atoms with Crippen LogP contribution in [0, 0.1) is 0 Å². The molecule has 1 nitrogen and oxygen atoms in total. The normalized spacial score (nSPS) is 4.50. The molecule has 0 aliphatic carbocycles. The second-order valence-electron chi connectivity index (χ2n) is 0.289. The summed E-state index contributed by atoms with van der Waals surface area (Å²) in [7, 11) is 0. The summed E-state index contributed by atoms with van der Waals surface area (Å²) in [4.78, 5) is 0. The van der Waals surface area contributed by atoms with Crippen LogP contribution >= 0.6 is 0 Å². The molecule has 4 heavy (non-hydrogen) atoms. The van der Waals surface area contributed by atoms with Crippen LogP contribution in [-0.2, 0) is 21.7 Å². The van der Waals surface area contributed by atoms with Gasteiger partial charge in [0, 0.05) is 21.7 Å². The van der Waals surface area contributed by atoms with E-state index in [4.69, 9.17) is 5.11 Å². The van der Waals surface area contributed by atoms with Crippen LogP contribution in [0.15, 0.2) is 0 Å². The molecule has 0 aliphatic heterocycles. The van der Waals surface area contributed by atoms with Crippen molar-refractivity contribution in [1.82, 2.24) is 0 Å².